The molecule has 0 aliphatic heterocycles. The fourth-order valence-corrected chi connectivity index (χ4v) is 4.68. The number of carbonyl (C=O) groups excluding carboxylic acids is 1. The Morgan fingerprint density at radius 2 is 1.95 bits per heavy atom. The quantitative estimate of drug-likeness (QED) is 0.792. The maximum absolute atomic E-state index is 13.9. The van der Waals surface area contributed by atoms with Gasteiger partial charge in [-0.25, -0.2) is 12.8 Å². The lowest BCUT2D eigenvalue weighted by atomic mass is 10.00. The highest BCUT2D eigenvalue weighted by atomic mass is 79.9. The second kappa shape index (κ2) is 5.85. The second-order valence-electron chi connectivity index (χ2n) is 5.42. The molecule has 4 nitrogen and oxygen atoms in total. The van der Waals surface area contributed by atoms with Crippen molar-refractivity contribution in [1.29, 1.82) is 0 Å². The first-order valence-electron chi connectivity index (χ1n) is 6.39. The molecule has 0 unspecified atom stereocenters. The normalized spacial score (nSPS) is 17.7. The molecule has 0 heterocycles. The number of rotatable bonds is 3. The number of amides is 1. The van der Waals surface area contributed by atoms with Gasteiger partial charge in [0.25, 0.3) is 15.0 Å². The average Bonchev–Trinajstić information content (AvgIpc) is 2.73. The Hall–Kier alpha value is -0.660. The summed E-state index contributed by atoms with van der Waals surface area (Å²) in [6, 6.07) is 1.89. The van der Waals surface area contributed by atoms with Crippen molar-refractivity contribution in [2.45, 2.75) is 43.0 Å². The molecule has 1 amide bonds. The van der Waals surface area contributed by atoms with Gasteiger partial charge < -0.3 is 5.32 Å². The van der Waals surface area contributed by atoms with Crippen molar-refractivity contribution in [3.05, 3.63) is 28.0 Å². The van der Waals surface area contributed by atoms with E-state index in [9.17, 15) is 17.6 Å². The van der Waals surface area contributed by atoms with Gasteiger partial charge in [0.1, 0.15) is 5.82 Å². The lowest BCUT2D eigenvalue weighted by molar-refractivity contribution is 0.0903. The van der Waals surface area contributed by atoms with Gasteiger partial charge in [0.2, 0.25) is 0 Å². The lowest BCUT2D eigenvalue weighted by Gasteiger charge is -2.25. The number of benzene rings is 1. The first-order chi connectivity index (χ1) is 9.62. The van der Waals surface area contributed by atoms with Gasteiger partial charge in [0.05, 0.1) is 10.5 Å². The molecule has 1 aromatic rings. The number of hydrogen-bond donors (Lipinski definition) is 1. The predicted molar refractivity (Wildman–Crippen MR) is 81.5 cm³/mol. The van der Waals surface area contributed by atoms with E-state index < -0.39 is 20.8 Å². The molecule has 0 saturated heterocycles. The molecule has 21 heavy (non-hydrogen) atoms. The largest absolute Gasteiger partial charge is 0.347 e. The van der Waals surface area contributed by atoms with E-state index in [-0.39, 0.29) is 20.5 Å². The molecule has 8 heteroatoms. The molecule has 1 aliphatic carbocycles. The Bertz CT molecular complexity index is 687. The zero-order valence-electron chi connectivity index (χ0n) is 11.3. The first-order valence-corrected chi connectivity index (χ1v) is 9.49. The van der Waals surface area contributed by atoms with Crippen LogP contribution < -0.4 is 5.32 Å². The first kappa shape index (κ1) is 16.7. The summed E-state index contributed by atoms with van der Waals surface area (Å²) >= 11 is 2.93. The maximum Gasteiger partial charge on any atom is 0.262 e. The van der Waals surface area contributed by atoms with Crippen molar-refractivity contribution in [3.63, 3.8) is 0 Å². The van der Waals surface area contributed by atoms with Crippen molar-refractivity contribution in [1.82, 2.24) is 5.32 Å². The fourth-order valence-electron chi connectivity index (χ4n) is 2.51. The van der Waals surface area contributed by atoms with Crippen LogP contribution in [0.15, 0.2) is 21.5 Å². The van der Waals surface area contributed by atoms with Gasteiger partial charge in [-0.2, -0.15) is 0 Å². The van der Waals surface area contributed by atoms with E-state index in [0.717, 1.165) is 37.8 Å². The summed E-state index contributed by atoms with van der Waals surface area (Å²) in [6.45, 7) is 1.90. The molecule has 0 aromatic heterocycles. The van der Waals surface area contributed by atoms with Gasteiger partial charge in [0, 0.05) is 20.7 Å². The second-order valence-corrected chi connectivity index (χ2v) is 8.81. The van der Waals surface area contributed by atoms with Crippen LogP contribution >= 0.6 is 26.6 Å². The van der Waals surface area contributed by atoms with Gasteiger partial charge in [0.15, 0.2) is 0 Å². The molecular formula is C13H14BrClFNO3S. The van der Waals surface area contributed by atoms with Crippen molar-refractivity contribution < 1.29 is 17.6 Å². The van der Waals surface area contributed by atoms with Crippen LogP contribution in [0.3, 0.4) is 0 Å². The molecule has 1 saturated carbocycles. The Morgan fingerprint density at radius 3 is 2.48 bits per heavy atom. The molecule has 1 aromatic carbocycles. The fraction of sp³-hybridized carbons (Fsp3) is 0.462. The number of carbonyl (C=O) groups is 1. The van der Waals surface area contributed by atoms with Crippen LogP contribution in [0.5, 0.6) is 0 Å². The summed E-state index contributed by atoms with van der Waals surface area (Å²) in [6.07, 6.45) is 3.64. The van der Waals surface area contributed by atoms with Crippen LogP contribution in [0.1, 0.15) is 43.0 Å². The molecule has 0 bridgehead atoms. The smallest absolute Gasteiger partial charge is 0.262 e. The minimum absolute atomic E-state index is 0.0152. The number of nitrogens with one attached hydrogen (secondary N) is 1. The van der Waals surface area contributed by atoms with Crippen molar-refractivity contribution in [2.75, 3.05) is 0 Å². The van der Waals surface area contributed by atoms with Gasteiger partial charge in [-0.3, -0.25) is 4.79 Å². The summed E-state index contributed by atoms with van der Waals surface area (Å²) in [5.41, 5.74) is -0.707. The third kappa shape index (κ3) is 3.76. The monoisotopic (exact) mass is 397 g/mol. The molecule has 1 fully saturated rings. The third-order valence-electron chi connectivity index (χ3n) is 3.65. The molecule has 2 rings (SSSR count). The predicted octanol–water partition coefficient (Wildman–Crippen LogP) is 3.58. The van der Waals surface area contributed by atoms with Crippen molar-refractivity contribution in [3.8, 4) is 0 Å². The standard InChI is InChI=1S/C13H14BrClFNO3S/c1-13(4-2-3-5-13)17-12(18)8-6-11(21(15,19)20)9(14)7-10(8)16/h6-7H,2-5H2,1H3,(H,17,18). The van der Waals surface area contributed by atoms with E-state index >= 15 is 0 Å². The molecule has 0 spiro atoms. The summed E-state index contributed by atoms with van der Waals surface area (Å²) in [5, 5.41) is 2.78. The van der Waals surface area contributed by atoms with Gasteiger partial charge in [-0.1, -0.05) is 12.8 Å². The highest BCUT2D eigenvalue weighted by Gasteiger charge is 2.31. The average molecular weight is 399 g/mol. The zero-order chi connectivity index (χ0) is 15.8. The summed E-state index contributed by atoms with van der Waals surface area (Å²) < 4.78 is 36.8. The minimum atomic E-state index is -4.07. The van der Waals surface area contributed by atoms with E-state index in [1.807, 2.05) is 6.92 Å². The van der Waals surface area contributed by atoms with Crippen molar-refractivity contribution >= 4 is 41.6 Å². The highest BCUT2D eigenvalue weighted by Crippen LogP contribution is 2.31. The molecular weight excluding hydrogens is 385 g/mol. The SMILES string of the molecule is CC1(NC(=O)c2cc(S(=O)(=O)Cl)c(Br)cc2F)CCCC1. The maximum atomic E-state index is 13.9. The summed E-state index contributed by atoms with van der Waals surface area (Å²) in [4.78, 5) is 11.9. The number of halogens is 3. The van der Waals surface area contributed by atoms with Crippen LogP contribution in [0, 0.1) is 5.82 Å². The highest BCUT2D eigenvalue weighted by molar-refractivity contribution is 9.10. The molecule has 1 aliphatic rings. The van der Waals surface area contributed by atoms with E-state index in [4.69, 9.17) is 10.7 Å². The minimum Gasteiger partial charge on any atom is -0.347 e. The van der Waals surface area contributed by atoms with Crippen LogP contribution in [-0.2, 0) is 9.05 Å². The zero-order valence-corrected chi connectivity index (χ0v) is 14.4. The molecule has 116 valence electrons. The number of hydrogen-bond acceptors (Lipinski definition) is 3. The van der Waals surface area contributed by atoms with Crippen LogP contribution in [0.2, 0.25) is 0 Å². The van der Waals surface area contributed by atoms with Crippen LogP contribution in [0.4, 0.5) is 4.39 Å². The molecule has 0 radical (unpaired) electrons. The van der Waals surface area contributed by atoms with Crippen LogP contribution in [0.25, 0.3) is 0 Å². The summed E-state index contributed by atoms with van der Waals surface area (Å²) in [7, 11) is 1.21. The molecule has 0 atom stereocenters. The van der Waals surface area contributed by atoms with Crippen molar-refractivity contribution in [2.24, 2.45) is 0 Å². The Morgan fingerprint density at radius 1 is 1.38 bits per heavy atom. The van der Waals surface area contributed by atoms with Gasteiger partial charge >= 0.3 is 0 Å². The van der Waals surface area contributed by atoms with E-state index in [1.54, 1.807) is 0 Å². The van der Waals surface area contributed by atoms with Gasteiger partial charge in [-0.05, 0) is 47.8 Å². The van der Waals surface area contributed by atoms with Crippen LogP contribution in [-0.4, -0.2) is 19.9 Å². The summed E-state index contributed by atoms with van der Waals surface area (Å²) in [5.74, 6) is -1.43. The topological polar surface area (TPSA) is 63.2 Å². The van der Waals surface area contributed by atoms with Gasteiger partial charge in [-0.15, -0.1) is 0 Å². The Labute approximate surface area is 135 Å². The Kier molecular flexibility index (Phi) is 4.66. The van der Waals surface area contributed by atoms with E-state index in [2.05, 4.69) is 21.2 Å². The van der Waals surface area contributed by atoms with E-state index in [1.165, 1.54) is 0 Å². The third-order valence-corrected chi connectivity index (χ3v) is 5.93. The lowest BCUT2D eigenvalue weighted by Crippen LogP contribution is -2.43. The van der Waals surface area contributed by atoms with E-state index in [0.29, 0.717) is 0 Å². The Balaban J connectivity index is 2.37. The molecule has 1 N–H and O–H groups in total.